The molecule has 1 saturated heterocycles. The number of carboxylic acid groups (broad SMARTS) is 1. The van der Waals surface area contributed by atoms with E-state index in [1.807, 2.05) is 0 Å². The van der Waals surface area contributed by atoms with Crippen molar-refractivity contribution in [1.29, 1.82) is 0 Å². The van der Waals surface area contributed by atoms with Crippen molar-refractivity contribution in [2.24, 2.45) is 16.6 Å². The molecule has 0 amide bonds. The van der Waals surface area contributed by atoms with Crippen molar-refractivity contribution < 1.29 is 19.4 Å². The normalized spacial score (nSPS) is 24.9. The number of aliphatic imine (C=N–C) groups is 1. The van der Waals surface area contributed by atoms with Gasteiger partial charge in [0.15, 0.2) is 5.96 Å². The molecular weight excluding hydrogens is 394 g/mol. The van der Waals surface area contributed by atoms with Crippen LogP contribution in [0.2, 0.25) is 0 Å². The van der Waals surface area contributed by atoms with Crippen LogP contribution < -0.4 is 5.73 Å². The minimum absolute atomic E-state index is 0.0342. The number of nitrogens with zero attached hydrogens (tertiary/aromatic N) is 2. The SMILES string of the molecule is CCCCCC/C=C\C[C@H]1CCC2C(C(=O)OC)[C@@H](CCCCC)N=C(N)N21.O=CO. The number of hydrogen-bond acceptors (Lipinski definition) is 6. The van der Waals surface area contributed by atoms with Crippen LogP contribution in [0, 0.1) is 5.92 Å². The molecule has 2 heterocycles. The van der Waals surface area contributed by atoms with Crippen LogP contribution in [-0.4, -0.2) is 53.6 Å². The van der Waals surface area contributed by atoms with Gasteiger partial charge < -0.3 is 20.5 Å². The van der Waals surface area contributed by atoms with Gasteiger partial charge in [-0.25, -0.2) is 4.99 Å². The van der Waals surface area contributed by atoms with Crippen LogP contribution in [0.3, 0.4) is 0 Å². The van der Waals surface area contributed by atoms with Gasteiger partial charge in [0.1, 0.15) is 0 Å². The largest absolute Gasteiger partial charge is 0.483 e. The van der Waals surface area contributed by atoms with E-state index in [1.54, 1.807) is 0 Å². The molecule has 0 spiro atoms. The molecule has 0 aromatic heterocycles. The lowest BCUT2D eigenvalue weighted by Crippen LogP contribution is -2.56. The fourth-order valence-electron chi connectivity index (χ4n) is 4.78. The predicted octanol–water partition coefficient (Wildman–Crippen LogP) is 4.50. The van der Waals surface area contributed by atoms with Crippen molar-refractivity contribution in [2.45, 2.75) is 109 Å². The van der Waals surface area contributed by atoms with Crippen molar-refractivity contribution in [2.75, 3.05) is 7.11 Å². The van der Waals surface area contributed by atoms with Crippen LogP contribution in [0.15, 0.2) is 17.1 Å². The number of hydrogen-bond donors (Lipinski definition) is 2. The predicted molar refractivity (Wildman–Crippen MR) is 125 cm³/mol. The summed E-state index contributed by atoms with van der Waals surface area (Å²) in [4.78, 5) is 27.9. The maximum atomic E-state index is 12.6. The molecule has 7 heteroatoms. The summed E-state index contributed by atoms with van der Waals surface area (Å²) in [5.74, 6) is 0.322. The van der Waals surface area contributed by atoms with Gasteiger partial charge in [0.05, 0.1) is 19.1 Å². The number of esters is 1. The summed E-state index contributed by atoms with van der Waals surface area (Å²) in [6.07, 6.45) is 18.3. The maximum Gasteiger partial charge on any atom is 0.312 e. The Labute approximate surface area is 188 Å². The van der Waals surface area contributed by atoms with E-state index < -0.39 is 0 Å². The van der Waals surface area contributed by atoms with E-state index >= 15 is 0 Å². The number of unbranched alkanes of at least 4 members (excludes halogenated alkanes) is 6. The van der Waals surface area contributed by atoms with Crippen LogP contribution in [0.5, 0.6) is 0 Å². The van der Waals surface area contributed by atoms with E-state index in [0.29, 0.717) is 12.0 Å². The highest BCUT2D eigenvalue weighted by Gasteiger charge is 2.48. The Balaban J connectivity index is 0.00000151. The van der Waals surface area contributed by atoms with E-state index in [-0.39, 0.29) is 30.4 Å². The second-order valence-corrected chi connectivity index (χ2v) is 8.47. The van der Waals surface area contributed by atoms with Crippen LogP contribution in [-0.2, 0) is 14.3 Å². The van der Waals surface area contributed by atoms with Gasteiger partial charge in [0.2, 0.25) is 0 Å². The maximum absolute atomic E-state index is 12.6. The van der Waals surface area contributed by atoms with Gasteiger partial charge >= 0.3 is 5.97 Å². The number of guanidine groups is 1. The third kappa shape index (κ3) is 8.54. The zero-order chi connectivity index (χ0) is 23.1. The lowest BCUT2D eigenvalue weighted by Gasteiger charge is -2.41. The molecule has 3 N–H and O–H groups in total. The van der Waals surface area contributed by atoms with Gasteiger partial charge in [-0.1, -0.05) is 64.5 Å². The first-order valence-electron chi connectivity index (χ1n) is 12.0. The molecule has 2 rings (SSSR count). The second kappa shape index (κ2) is 15.7. The summed E-state index contributed by atoms with van der Waals surface area (Å²) in [7, 11) is 1.49. The van der Waals surface area contributed by atoms with Crippen molar-refractivity contribution >= 4 is 18.4 Å². The fourth-order valence-corrected chi connectivity index (χ4v) is 4.78. The summed E-state index contributed by atoms with van der Waals surface area (Å²) < 4.78 is 5.16. The first-order valence-corrected chi connectivity index (χ1v) is 12.0. The molecule has 0 aromatic carbocycles. The third-order valence-electron chi connectivity index (χ3n) is 6.31. The zero-order valence-corrected chi connectivity index (χ0v) is 19.7. The average Bonchev–Trinajstić information content (AvgIpc) is 3.18. The zero-order valence-electron chi connectivity index (χ0n) is 19.7. The van der Waals surface area contributed by atoms with Crippen LogP contribution in [0.1, 0.15) is 90.9 Å². The molecule has 0 bridgehead atoms. The molecule has 0 radical (unpaired) electrons. The first kappa shape index (κ1) is 27.0. The van der Waals surface area contributed by atoms with Crippen LogP contribution >= 0.6 is 0 Å². The first-order chi connectivity index (χ1) is 15.0. The number of ether oxygens (including phenoxy) is 1. The summed E-state index contributed by atoms with van der Waals surface area (Å²) in [5, 5.41) is 6.89. The van der Waals surface area contributed by atoms with E-state index in [2.05, 4.69) is 30.9 Å². The Hall–Kier alpha value is -2.05. The van der Waals surface area contributed by atoms with Crippen molar-refractivity contribution in [3.8, 4) is 0 Å². The number of methoxy groups -OCH3 is 1. The number of carbonyl (C=O) groups is 2. The minimum atomic E-state index is -0.250. The summed E-state index contributed by atoms with van der Waals surface area (Å²) >= 11 is 0. The highest BCUT2D eigenvalue weighted by molar-refractivity contribution is 5.84. The number of allylic oxidation sites excluding steroid dienone is 1. The van der Waals surface area contributed by atoms with E-state index in [9.17, 15) is 4.79 Å². The second-order valence-electron chi connectivity index (χ2n) is 8.47. The molecule has 31 heavy (non-hydrogen) atoms. The third-order valence-corrected chi connectivity index (χ3v) is 6.31. The monoisotopic (exact) mass is 437 g/mol. The van der Waals surface area contributed by atoms with E-state index in [0.717, 1.165) is 44.9 Å². The molecule has 178 valence electrons. The van der Waals surface area contributed by atoms with Gasteiger partial charge in [-0.3, -0.25) is 9.59 Å². The molecule has 4 atom stereocenters. The Morgan fingerprint density at radius 2 is 1.84 bits per heavy atom. The Kier molecular flexibility index (Phi) is 13.7. The van der Waals surface area contributed by atoms with E-state index in [1.165, 1.54) is 39.2 Å². The Morgan fingerprint density at radius 1 is 1.16 bits per heavy atom. The Morgan fingerprint density at radius 3 is 2.48 bits per heavy atom. The molecule has 0 saturated carbocycles. The smallest absolute Gasteiger partial charge is 0.312 e. The topological polar surface area (TPSA) is 105 Å². The van der Waals surface area contributed by atoms with Gasteiger partial charge in [0, 0.05) is 12.1 Å². The number of rotatable bonds is 12. The molecule has 1 fully saturated rings. The van der Waals surface area contributed by atoms with Crippen molar-refractivity contribution in [3.63, 3.8) is 0 Å². The Bertz CT molecular complexity index is 579. The average molecular weight is 438 g/mol. The molecule has 0 aliphatic carbocycles. The highest BCUT2D eigenvalue weighted by Crippen LogP contribution is 2.38. The number of nitrogens with two attached hydrogens (primary N) is 1. The lowest BCUT2D eigenvalue weighted by molar-refractivity contribution is -0.148. The standard InChI is InChI=1S/C23H41N3O2.CH2O2/c1-4-6-8-9-10-11-13-14-18-16-17-20-21(22(27)28-3)19(15-12-7-5-2)25-23(24)26(18)20;2-1-3/h11,13,18-21H,4-10,12,14-17H2,1-3H3,(H2,24,25);1H,(H,2,3)/b13-11-;/t18-,19+,20?,21?;/m0./s1. The lowest BCUT2D eigenvalue weighted by atomic mass is 9.86. The minimum Gasteiger partial charge on any atom is -0.483 e. The van der Waals surface area contributed by atoms with Crippen molar-refractivity contribution in [1.82, 2.24) is 4.90 Å². The highest BCUT2D eigenvalue weighted by atomic mass is 16.5. The molecule has 2 unspecified atom stereocenters. The number of carbonyl (C=O) groups excluding carboxylic acids is 1. The summed E-state index contributed by atoms with van der Waals surface area (Å²) in [6.45, 7) is 4.18. The fraction of sp³-hybridized carbons (Fsp3) is 0.792. The molecular formula is C24H43N3O4. The molecule has 2 aliphatic rings. The molecule has 2 aliphatic heterocycles. The van der Waals surface area contributed by atoms with Crippen LogP contribution in [0.4, 0.5) is 0 Å². The van der Waals surface area contributed by atoms with Gasteiger partial charge in [-0.2, -0.15) is 0 Å². The van der Waals surface area contributed by atoms with Gasteiger partial charge in [-0.05, 0) is 38.5 Å². The molecule has 0 aromatic rings. The summed E-state index contributed by atoms with van der Waals surface area (Å²) in [5.41, 5.74) is 6.39. The van der Waals surface area contributed by atoms with E-state index in [4.69, 9.17) is 25.4 Å². The van der Waals surface area contributed by atoms with Gasteiger partial charge in [-0.15, -0.1) is 0 Å². The van der Waals surface area contributed by atoms with Gasteiger partial charge in [0.25, 0.3) is 6.47 Å². The van der Waals surface area contributed by atoms with Crippen molar-refractivity contribution in [3.05, 3.63) is 12.2 Å². The molecule has 7 nitrogen and oxygen atoms in total. The summed E-state index contributed by atoms with van der Waals surface area (Å²) in [6, 6.07) is 0.456. The quantitative estimate of drug-likeness (QED) is 0.201. The number of fused-ring (bicyclic) bond motifs is 1. The van der Waals surface area contributed by atoms with Crippen LogP contribution in [0.25, 0.3) is 0 Å².